The van der Waals surface area contributed by atoms with E-state index in [1.807, 2.05) is 22.7 Å². The summed E-state index contributed by atoms with van der Waals surface area (Å²) in [6.07, 6.45) is 0. The number of hydrogen-bond acceptors (Lipinski definition) is 2. The summed E-state index contributed by atoms with van der Waals surface area (Å²) in [5.41, 5.74) is 5.31. The molecule has 2 heteroatoms. The fourth-order valence-corrected chi connectivity index (χ4v) is 8.07. The van der Waals surface area contributed by atoms with Crippen LogP contribution in [0.25, 0.3) is 74.1 Å². The summed E-state index contributed by atoms with van der Waals surface area (Å²) in [7, 11) is 0. The molecule has 0 saturated carbocycles. The minimum absolute atomic E-state index is 1.26. The highest BCUT2D eigenvalue weighted by molar-refractivity contribution is 7.27. The average Bonchev–Trinajstić information content (AvgIpc) is 3.56. The Hall–Kier alpha value is -3.98. The quantitative estimate of drug-likeness (QED) is 0.211. The Kier molecular flexibility index (Phi) is 4.36. The van der Waals surface area contributed by atoms with E-state index in [1.54, 1.807) is 0 Å². The molecule has 0 bridgehead atoms. The van der Waals surface area contributed by atoms with Gasteiger partial charge in [0.15, 0.2) is 0 Å². The second-order valence-electron chi connectivity index (χ2n) is 9.27. The molecule has 0 aliphatic rings. The van der Waals surface area contributed by atoms with Crippen LogP contribution in [0.15, 0.2) is 121 Å². The molecule has 0 aliphatic heterocycles. The van der Waals surface area contributed by atoms with Gasteiger partial charge in [-0.1, -0.05) is 97.1 Å². The molecule has 0 aliphatic carbocycles. The Morgan fingerprint density at radius 3 is 1.69 bits per heavy atom. The van der Waals surface area contributed by atoms with E-state index in [4.69, 9.17) is 0 Å². The fraction of sp³-hybridized carbons (Fsp3) is 0. The summed E-state index contributed by atoms with van der Waals surface area (Å²) in [5.74, 6) is 0. The van der Waals surface area contributed by atoms with Crippen molar-refractivity contribution in [2.45, 2.75) is 0 Å². The van der Waals surface area contributed by atoms with E-state index in [-0.39, 0.29) is 0 Å². The van der Waals surface area contributed by atoms with Gasteiger partial charge in [-0.05, 0) is 61.6 Å². The van der Waals surface area contributed by atoms with E-state index in [9.17, 15) is 0 Å². The molecule has 0 saturated heterocycles. The molecule has 0 atom stereocenters. The van der Waals surface area contributed by atoms with Crippen LogP contribution in [0.3, 0.4) is 0 Å². The molecule has 0 N–H and O–H groups in total. The molecule has 8 rings (SSSR count). The number of fused-ring (bicyclic) bond motifs is 6. The predicted octanol–water partition coefficient (Wildman–Crippen LogP) is 10.9. The summed E-state index contributed by atoms with van der Waals surface area (Å²) in [6.45, 7) is 0. The first-order valence-electron chi connectivity index (χ1n) is 12.2. The van der Waals surface area contributed by atoms with Crippen LogP contribution in [0.5, 0.6) is 0 Å². The summed E-state index contributed by atoms with van der Waals surface area (Å²) in [5, 5.41) is 11.5. The average molecular weight is 493 g/mol. The van der Waals surface area contributed by atoms with Gasteiger partial charge in [-0.3, -0.25) is 0 Å². The third-order valence-electron chi connectivity index (χ3n) is 7.33. The summed E-state index contributed by atoms with van der Waals surface area (Å²) in [6, 6.07) is 42.3. The van der Waals surface area contributed by atoms with Crippen molar-refractivity contribution in [3.63, 3.8) is 0 Å². The first kappa shape index (κ1) is 20.2. The highest BCUT2D eigenvalue weighted by Gasteiger charge is 2.21. The van der Waals surface area contributed by atoms with Gasteiger partial charge in [-0.2, -0.15) is 0 Å². The van der Waals surface area contributed by atoms with E-state index in [2.05, 4.69) is 121 Å². The lowest BCUT2D eigenvalue weighted by atomic mass is 9.85. The van der Waals surface area contributed by atoms with Crippen LogP contribution in [0.4, 0.5) is 0 Å². The fourth-order valence-electron chi connectivity index (χ4n) is 5.83. The van der Waals surface area contributed by atoms with Gasteiger partial charge < -0.3 is 0 Å². The molecular formula is C34H20S2. The van der Waals surface area contributed by atoms with Gasteiger partial charge in [-0.15, -0.1) is 22.7 Å². The Morgan fingerprint density at radius 2 is 1.00 bits per heavy atom. The summed E-state index contributed by atoms with van der Waals surface area (Å²) < 4.78 is 4.10. The molecule has 36 heavy (non-hydrogen) atoms. The van der Waals surface area contributed by atoms with E-state index in [1.165, 1.54) is 74.1 Å². The maximum atomic E-state index is 2.40. The molecule has 168 valence electrons. The van der Waals surface area contributed by atoms with Crippen LogP contribution in [0.1, 0.15) is 0 Å². The minimum Gasteiger partial charge on any atom is -0.143 e. The van der Waals surface area contributed by atoms with Crippen molar-refractivity contribution in [2.24, 2.45) is 0 Å². The Bertz CT molecular complexity index is 2030. The Balaban J connectivity index is 1.64. The molecule has 8 aromatic rings. The van der Waals surface area contributed by atoms with Gasteiger partial charge in [0.25, 0.3) is 0 Å². The highest BCUT2D eigenvalue weighted by Crippen LogP contribution is 2.51. The van der Waals surface area contributed by atoms with Crippen molar-refractivity contribution in [3.05, 3.63) is 121 Å². The van der Waals surface area contributed by atoms with Crippen molar-refractivity contribution < 1.29 is 0 Å². The van der Waals surface area contributed by atoms with Crippen molar-refractivity contribution >= 4 is 74.5 Å². The van der Waals surface area contributed by atoms with Gasteiger partial charge in [0, 0.05) is 36.0 Å². The molecule has 0 nitrogen and oxygen atoms in total. The molecule has 0 fully saturated rings. The smallest absolute Gasteiger partial charge is 0.0448 e. The van der Waals surface area contributed by atoms with E-state index in [0.717, 1.165) is 0 Å². The van der Waals surface area contributed by atoms with Crippen molar-refractivity contribution in [1.82, 2.24) is 0 Å². The van der Waals surface area contributed by atoms with Gasteiger partial charge >= 0.3 is 0 Å². The molecule has 0 unspecified atom stereocenters. The van der Waals surface area contributed by atoms with Crippen molar-refractivity contribution in [3.8, 4) is 22.3 Å². The highest BCUT2D eigenvalue weighted by atomic mass is 32.1. The first-order valence-corrected chi connectivity index (χ1v) is 13.9. The molecule has 2 aromatic heterocycles. The molecular weight excluding hydrogens is 473 g/mol. The standard InChI is InChI=1S/C34H20S2/c1-2-10-21(11-3-1)30-24-13-4-6-15-26(24)31(27-16-7-5-14-25(27)30)32-33-22(18-19-35-33)20-28-23-12-8-9-17-29(23)36-34(28)32/h1-20H. The van der Waals surface area contributed by atoms with Crippen molar-refractivity contribution in [2.75, 3.05) is 0 Å². The molecule has 2 heterocycles. The van der Waals surface area contributed by atoms with Crippen LogP contribution >= 0.6 is 22.7 Å². The minimum atomic E-state index is 1.26. The Morgan fingerprint density at radius 1 is 0.417 bits per heavy atom. The second-order valence-corrected chi connectivity index (χ2v) is 11.2. The predicted molar refractivity (Wildman–Crippen MR) is 161 cm³/mol. The van der Waals surface area contributed by atoms with Crippen LogP contribution in [0.2, 0.25) is 0 Å². The van der Waals surface area contributed by atoms with E-state index < -0.39 is 0 Å². The molecule has 0 spiro atoms. The van der Waals surface area contributed by atoms with Crippen LogP contribution in [-0.4, -0.2) is 0 Å². The topological polar surface area (TPSA) is 0 Å². The summed E-state index contributed by atoms with van der Waals surface area (Å²) in [4.78, 5) is 0. The Labute approximate surface area is 216 Å². The van der Waals surface area contributed by atoms with Crippen LogP contribution in [0, 0.1) is 0 Å². The van der Waals surface area contributed by atoms with E-state index >= 15 is 0 Å². The zero-order valence-corrected chi connectivity index (χ0v) is 21.0. The van der Waals surface area contributed by atoms with Crippen molar-refractivity contribution in [1.29, 1.82) is 0 Å². The molecule has 6 aromatic carbocycles. The molecule has 0 radical (unpaired) electrons. The maximum absolute atomic E-state index is 2.40. The SMILES string of the molecule is c1ccc(-c2c3ccccc3c(-c3c4sccc4cc4c3sc3ccccc34)c3ccccc23)cc1. The second kappa shape index (κ2) is 7.76. The van der Waals surface area contributed by atoms with Crippen LogP contribution < -0.4 is 0 Å². The molecule has 0 amide bonds. The lowest BCUT2D eigenvalue weighted by Gasteiger charge is -2.18. The number of thiophene rings is 2. The third-order valence-corrected chi connectivity index (χ3v) is 9.48. The van der Waals surface area contributed by atoms with E-state index in [0.29, 0.717) is 0 Å². The zero-order chi connectivity index (χ0) is 23.6. The number of benzene rings is 6. The number of hydrogen-bond donors (Lipinski definition) is 0. The monoisotopic (exact) mass is 492 g/mol. The van der Waals surface area contributed by atoms with Gasteiger partial charge in [0.1, 0.15) is 0 Å². The zero-order valence-electron chi connectivity index (χ0n) is 19.4. The lowest BCUT2D eigenvalue weighted by molar-refractivity contribution is 1.67. The number of rotatable bonds is 2. The van der Waals surface area contributed by atoms with Gasteiger partial charge in [-0.25, -0.2) is 0 Å². The van der Waals surface area contributed by atoms with Crippen LogP contribution in [-0.2, 0) is 0 Å². The normalized spacial score (nSPS) is 11.9. The largest absolute Gasteiger partial charge is 0.143 e. The summed E-state index contributed by atoms with van der Waals surface area (Å²) >= 11 is 3.78. The lowest BCUT2D eigenvalue weighted by Crippen LogP contribution is -1.91. The third kappa shape index (κ3) is 2.80. The maximum Gasteiger partial charge on any atom is 0.0448 e. The van der Waals surface area contributed by atoms with Gasteiger partial charge in [0.2, 0.25) is 0 Å². The first-order chi connectivity index (χ1) is 17.9. The van der Waals surface area contributed by atoms with Gasteiger partial charge in [0.05, 0.1) is 0 Å².